The summed E-state index contributed by atoms with van der Waals surface area (Å²) in [6.45, 7) is 5.49. The lowest BCUT2D eigenvalue weighted by Crippen LogP contribution is -2.41. The second-order valence-corrected chi connectivity index (χ2v) is 7.93. The molecule has 0 spiro atoms. The first-order chi connectivity index (χ1) is 13.1. The Morgan fingerprint density at radius 1 is 1.30 bits per heavy atom. The number of rotatable bonds is 6. The highest BCUT2D eigenvalue weighted by Gasteiger charge is 2.23. The van der Waals surface area contributed by atoms with Gasteiger partial charge in [0.2, 0.25) is 0 Å². The van der Waals surface area contributed by atoms with Gasteiger partial charge in [-0.2, -0.15) is 0 Å². The number of halogens is 2. The molecule has 2 aromatic rings. The van der Waals surface area contributed by atoms with Gasteiger partial charge in [0, 0.05) is 55.8 Å². The molecule has 2 unspecified atom stereocenters. The molecule has 2 heterocycles. The van der Waals surface area contributed by atoms with Gasteiger partial charge in [-0.05, 0) is 35.9 Å². The van der Waals surface area contributed by atoms with E-state index in [1.807, 2.05) is 0 Å². The van der Waals surface area contributed by atoms with Crippen molar-refractivity contribution in [3.8, 4) is 0 Å². The molecule has 0 radical (unpaired) electrons. The molecule has 2 N–H and O–H groups in total. The van der Waals surface area contributed by atoms with Crippen molar-refractivity contribution < 1.29 is 8.78 Å². The van der Waals surface area contributed by atoms with Crippen molar-refractivity contribution in [2.75, 3.05) is 38.1 Å². The second-order valence-electron chi connectivity index (χ2n) is 6.95. The number of nitrogens with zero attached hydrogens (tertiary/aromatic N) is 2. The molecule has 1 aliphatic heterocycles. The molecule has 1 aromatic heterocycles. The fraction of sp³-hybridized carbons (Fsp3) is 0.450. The van der Waals surface area contributed by atoms with Gasteiger partial charge in [0.1, 0.15) is 0 Å². The molecule has 0 amide bonds. The number of hydrogen-bond donors (Lipinski definition) is 2. The molecule has 1 aliphatic rings. The van der Waals surface area contributed by atoms with Crippen molar-refractivity contribution in [2.45, 2.75) is 19.3 Å². The van der Waals surface area contributed by atoms with Crippen molar-refractivity contribution in [1.82, 2.24) is 10.6 Å². The average Bonchev–Trinajstić information content (AvgIpc) is 3.36. The fourth-order valence-corrected chi connectivity index (χ4v) is 4.09. The molecule has 27 heavy (non-hydrogen) atoms. The highest BCUT2D eigenvalue weighted by molar-refractivity contribution is 7.10. The van der Waals surface area contributed by atoms with Gasteiger partial charge in [0.15, 0.2) is 17.6 Å². The Morgan fingerprint density at radius 2 is 2.15 bits per heavy atom. The van der Waals surface area contributed by atoms with Crippen molar-refractivity contribution in [2.24, 2.45) is 10.9 Å². The molecule has 1 saturated heterocycles. The zero-order valence-corrected chi connectivity index (χ0v) is 16.5. The number of benzene rings is 1. The highest BCUT2D eigenvalue weighted by atomic mass is 32.1. The third-order valence-corrected chi connectivity index (χ3v) is 6.04. The summed E-state index contributed by atoms with van der Waals surface area (Å²) in [6.07, 6.45) is 1.01. The van der Waals surface area contributed by atoms with Crippen molar-refractivity contribution in [3.63, 3.8) is 0 Å². The quantitative estimate of drug-likeness (QED) is 0.580. The standard InChI is InChI=1S/C20H26F2N4S/c1-14(19-4-3-9-27-19)11-24-20(23-2)25-12-15-7-8-26(13-15)16-5-6-17(21)18(22)10-16/h3-6,9-10,14-15H,7-8,11-13H2,1-2H3,(H2,23,24,25). The van der Waals surface area contributed by atoms with Crippen molar-refractivity contribution >= 4 is 23.0 Å². The Balaban J connectivity index is 1.44. The SMILES string of the molecule is CN=C(NCC1CCN(c2ccc(F)c(F)c2)C1)NCC(C)c1cccs1. The van der Waals surface area contributed by atoms with Crippen LogP contribution in [0.2, 0.25) is 0 Å². The van der Waals surface area contributed by atoms with Crippen LogP contribution in [-0.2, 0) is 0 Å². The average molecular weight is 393 g/mol. The fourth-order valence-electron chi connectivity index (χ4n) is 3.30. The molecule has 0 aliphatic carbocycles. The Morgan fingerprint density at radius 3 is 2.85 bits per heavy atom. The van der Waals surface area contributed by atoms with E-state index in [1.54, 1.807) is 24.5 Å². The van der Waals surface area contributed by atoms with Gasteiger partial charge in [-0.25, -0.2) is 8.78 Å². The molecular weight excluding hydrogens is 366 g/mol. The maximum atomic E-state index is 13.4. The lowest BCUT2D eigenvalue weighted by Gasteiger charge is -2.20. The molecule has 7 heteroatoms. The van der Waals surface area contributed by atoms with E-state index in [1.165, 1.54) is 17.0 Å². The van der Waals surface area contributed by atoms with Gasteiger partial charge in [0.25, 0.3) is 0 Å². The first kappa shape index (κ1) is 19.6. The van der Waals surface area contributed by atoms with Gasteiger partial charge in [-0.15, -0.1) is 11.3 Å². The third-order valence-electron chi connectivity index (χ3n) is 4.94. The molecule has 2 atom stereocenters. The molecule has 4 nitrogen and oxygen atoms in total. The van der Waals surface area contributed by atoms with Crippen LogP contribution in [0.3, 0.4) is 0 Å². The smallest absolute Gasteiger partial charge is 0.191 e. The van der Waals surface area contributed by atoms with Crippen LogP contribution in [0.4, 0.5) is 14.5 Å². The Kier molecular flexibility index (Phi) is 6.66. The van der Waals surface area contributed by atoms with E-state index in [4.69, 9.17) is 0 Å². The number of guanidine groups is 1. The lowest BCUT2D eigenvalue weighted by molar-refractivity contribution is 0.508. The minimum absolute atomic E-state index is 0.430. The van der Waals surface area contributed by atoms with Crippen LogP contribution in [0.15, 0.2) is 40.7 Å². The van der Waals surface area contributed by atoms with E-state index in [0.29, 0.717) is 11.8 Å². The predicted molar refractivity (Wildman–Crippen MR) is 109 cm³/mol. The van der Waals surface area contributed by atoms with Crippen LogP contribution >= 0.6 is 11.3 Å². The maximum absolute atomic E-state index is 13.4. The van der Waals surface area contributed by atoms with E-state index >= 15 is 0 Å². The molecule has 1 aromatic carbocycles. The van der Waals surface area contributed by atoms with Gasteiger partial charge in [-0.1, -0.05) is 13.0 Å². The topological polar surface area (TPSA) is 39.7 Å². The predicted octanol–water partition coefficient (Wildman–Crippen LogP) is 3.82. The first-order valence-corrected chi connectivity index (χ1v) is 10.1. The van der Waals surface area contributed by atoms with Crippen molar-refractivity contribution in [3.05, 3.63) is 52.2 Å². The minimum Gasteiger partial charge on any atom is -0.371 e. The van der Waals surface area contributed by atoms with Crippen LogP contribution in [0.1, 0.15) is 24.1 Å². The number of thiophene rings is 1. The normalized spacial score (nSPS) is 18.6. The van der Waals surface area contributed by atoms with Crippen LogP contribution in [0, 0.1) is 17.6 Å². The summed E-state index contributed by atoms with van der Waals surface area (Å²) in [5, 5.41) is 8.86. The van der Waals surface area contributed by atoms with Crippen LogP contribution in [0.5, 0.6) is 0 Å². The molecule has 0 bridgehead atoms. The van der Waals surface area contributed by atoms with Gasteiger partial charge in [0.05, 0.1) is 0 Å². The lowest BCUT2D eigenvalue weighted by atomic mass is 10.1. The van der Waals surface area contributed by atoms with E-state index in [2.05, 4.69) is 45.0 Å². The maximum Gasteiger partial charge on any atom is 0.191 e. The molecular formula is C20H26F2N4S. The monoisotopic (exact) mass is 392 g/mol. The summed E-state index contributed by atoms with van der Waals surface area (Å²) in [7, 11) is 1.77. The summed E-state index contributed by atoms with van der Waals surface area (Å²) in [5.74, 6) is 0.0660. The van der Waals surface area contributed by atoms with Crippen LogP contribution in [-0.4, -0.2) is 39.2 Å². The number of aliphatic imine (C=N–C) groups is 1. The van der Waals surface area contributed by atoms with Gasteiger partial charge in [-0.3, -0.25) is 4.99 Å². The summed E-state index contributed by atoms with van der Waals surface area (Å²) in [5.41, 5.74) is 0.740. The Bertz CT molecular complexity index is 763. The number of anilines is 1. The third kappa shape index (κ3) is 5.19. The van der Waals surface area contributed by atoms with Gasteiger partial charge >= 0.3 is 0 Å². The first-order valence-electron chi connectivity index (χ1n) is 9.24. The second kappa shape index (κ2) is 9.17. The van der Waals surface area contributed by atoms with E-state index in [0.717, 1.165) is 44.2 Å². The molecule has 0 saturated carbocycles. The molecule has 1 fully saturated rings. The Labute approximate surface area is 163 Å². The highest BCUT2D eigenvalue weighted by Crippen LogP contribution is 2.25. The minimum atomic E-state index is -0.803. The zero-order chi connectivity index (χ0) is 19.2. The summed E-state index contributed by atoms with van der Waals surface area (Å²) in [6, 6.07) is 8.33. The molecule has 3 rings (SSSR count). The number of hydrogen-bond acceptors (Lipinski definition) is 3. The number of nitrogens with one attached hydrogen (secondary N) is 2. The van der Waals surface area contributed by atoms with E-state index < -0.39 is 11.6 Å². The molecule has 146 valence electrons. The summed E-state index contributed by atoms with van der Waals surface area (Å²) < 4.78 is 26.6. The van der Waals surface area contributed by atoms with Crippen LogP contribution < -0.4 is 15.5 Å². The van der Waals surface area contributed by atoms with Gasteiger partial charge < -0.3 is 15.5 Å². The largest absolute Gasteiger partial charge is 0.371 e. The summed E-state index contributed by atoms with van der Waals surface area (Å²) >= 11 is 1.77. The van der Waals surface area contributed by atoms with Crippen molar-refractivity contribution in [1.29, 1.82) is 0 Å². The zero-order valence-electron chi connectivity index (χ0n) is 15.7. The summed E-state index contributed by atoms with van der Waals surface area (Å²) in [4.78, 5) is 7.75. The van der Waals surface area contributed by atoms with Crippen LogP contribution in [0.25, 0.3) is 0 Å². The Hall–Kier alpha value is -2.15. The van der Waals surface area contributed by atoms with E-state index in [-0.39, 0.29) is 0 Å². The van der Waals surface area contributed by atoms with E-state index in [9.17, 15) is 8.78 Å².